The molecule has 0 fully saturated rings. The minimum atomic E-state index is -0.149. The van der Waals surface area contributed by atoms with Gasteiger partial charge in [-0.05, 0) is 54.8 Å². The van der Waals surface area contributed by atoms with Crippen molar-refractivity contribution in [1.82, 2.24) is 15.6 Å². The Morgan fingerprint density at radius 1 is 1.00 bits per heavy atom. The SMILES string of the molecule is CNC(=O)c1ccc(CNC(=O)c2cc3c(C)cc(C)cc3[nH]2)cc1. The fourth-order valence-electron chi connectivity index (χ4n) is 2.92. The topological polar surface area (TPSA) is 74.0 Å². The maximum Gasteiger partial charge on any atom is 0.267 e. The van der Waals surface area contributed by atoms with Gasteiger partial charge in [-0.2, -0.15) is 0 Å². The lowest BCUT2D eigenvalue weighted by atomic mass is 10.1. The number of benzene rings is 2. The molecule has 0 spiro atoms. The average molecular weight is 335 g/mol. The normalized spacial score (nSPS) is 10.7. The van der Waals surface area contributed by atoms with Crippen LogP contribution in [0.15, 0.2) is 42.5 Å². The molecule has 3 aromatic rings. The number of aromatic nitrogens is 1. The molecule has 3 N–H and O–H groups in total. The number of amides is 2. The zero-order valence-corrected chi connectivity index (χ0v) is 14.6. The predicted molar refractivity (Wildman–Crippen MR) is 98.8 cm³/mol. The van der Waals surface area contributed by atoms with Gasteiger partial charge in [-0.3, -0.25) is 9.59 Å². The van der Waals surface area contributed by atoms with E-state index in [1.165, 1.54) is 0 Å². The summed E-state index contributed by atoms with van der Waals surface area (Å²) in [5.41, 5.74) is 5.36. The summed E-state index contributed by atoms with van der Waals surface area (Å²) in [5, 5.41) is 6.54. The number of nitrogens with one attached hydrogen (secondary N) is 3. The van der Waals surface area contributed by atoms with Crippen molar-refractivity contribution in [2.75, 3.05) is 7.05 Å². The second-order valence-corrected chi connectivity index (χ2v) is 6.18. The van der Waals surface area contributed by atoms with Crippen LogP contribution in [0.25, 0.3) is 10.9 Å². The van der Waals surface area contributed by atoms with Crippen LogP contribution in [-0.2, 0) is 6.54 Å². The van der Waals surface area contributed by atoms with Crippen LogP contribution in [0.4, 0.5) is 0 Å². The monoisotopic (exact) mass is 335 g/mol. The first-order valence-corrected chi connectivity index (χ1v) is 8.17. The first kappa shape index (κ1) is 16.8. The molecule has 25 heavy (non-hydrogen) atoms. The first-order valence-electron chi connectivity index (χ1n) is 8.17. The zero-order valence-electron chi connectivity index (χ0n) is 14.6. The smallest absolute Gasteiger partial charge is 0.267 e. The second-order valence-electron chi connectivity index (χ2n) is 6.18. The third-order valence-electron chi connectivity index (χ3n) is 4.23. The molecule has 2 amide bonds. The van der Waals surface area contributed by atoms with Gasteiger partial charge in [0.1, 0.15) is 5.69 Å². The lowest BCUT2D eigenvalue weighted by Crippen LogP contribution is -2.23. The Balaban J connectivity index is 1.70. The number of hydrogen-bond donors (Lipinski definition) is 3. The van der Waals surface area contributed by atoms with Gasteiger partial charge >= 0.3 is 0 Å². The predicted octanol–water partition coefficient (Wildman–Crippen LogP) is 3.07. The van der Waals surface area contributed by atoms with Crippen LogP contribution in [0.1, 0.15) is 37.5 Å². The van der Waals surface area contributed by atoms with Gasteiger partial charge in [-0.25, -0.2) is 0 Å². The Bertz CT molecular complexity index is 939. The van der Waals surface area contributed by atoms with E-state index >= 15 is 0 Å². The number of H-pyrrole nitrogens is 1. The van der Waals surface area contributed by atoms with Crippen LogP contribution in [0, 0.1) is 13.8 Å². The van der Waals surface area contributed by atoms with Gasteiger partial charge in [0.2, 0.25) is 0 Å². The third kappa shape index (κ3) is 3.55. The molecule has 0 saturated heterocycles. The number of rotatable bonds is 4. The maximum atomic E-state index is 12.4. The van der Waals surface area contributed by atoms with E-state index < -0.39 is 0 Å². The van der Waals surface area contributed by atoms with E-state index in [1.54, 1.807) is 19.2 Å². The van der Waals surface area contributed by atoms with Gasteiger partial charge < -0.3 is 15.6 Å². The van der Waals surface area contributed by atoms with Gasteiger partial charge in [0.25, 0.3) is 11.8 Å². The molecule has 1 heterocycles. The molecule has 0 aliphatic heterocycles. The molecule has 3 rings (SSSR count). The molecule has 1 aromatic heterocycles. The molecule has 5 heteroatoms. The highest BCUT2D eigenvalue weighted by Crippen LogP contribution is 2.21. The van der Waals surface area contributed by atoms with Crippen molar-refractivity contribution in [3.63, 3.8) is 0 Å². The van der Waals surface area contributed by atoms with Crippen LogP contribution in [0.3, 0.4) is 0 Å². The maximum absolute atomic E-state index is 12.4. The van der Waals surface area contributed by atoms with E-state index in [-0.39, 0.29) is 11.8 Å². The van der Waals surface area contributed by atoms with Gasteiger partial charge in [0.15, 0.2) is 0 Å². The number of hydrogen-bond acceptors (Lipinski definition) is 2. The molecule has 0 unspecified atom stereocenters. The van der Waals surface area contributed by atoms with Gasteiger partial charge in [-0.1, -0.05) is 18.2 Å². The molecular formula is C20H21N3O2. The van der Waals surface area contributed by atoms with Gasteiger partial charge in [0, 0.05) is 30.1 Å². The summed E-state index contributed by atoms with van der Waals surface area (Å²) in [5.74, 6) is -0.275. The molecule has 0 bridgehead atoms. The van der Waals surface area contributed by atoms with E-state index in [2.05, 4.69) is 21.7 Å². The number of fused-ring (bicyclic) bond motifs is 1. The number of carbonyl (C=O) groups excluding carboxylic acids is 2. The van der Waals surface area contributed by atoms with E-state index in [0.717, 1.165) is 27.6 Å². The van der Waals surface area contributed by atoms with Crippen LogP contribution >= 0.6 is 0 Å². The highest BCUT2D eigenvalue weighted by atomic mass is 16.2. The standard InChI is InChI=1S/C20H21N3O2/c1-12-8-13(2)16-10-18(23-17(16)9-12)20(25)22-11-14-4-6-15(7-5-14)19(24)21-3/h4-10,23H,11H2,1-3H3,(H,21,24)(H,22,25). The van der Waals surface area contributed by atoms with Crippen molar-refractivity contribution in [2.45, 2.75) is 20.4 Å². The Morgan fingerprint density at radius 3 is 2.40 bits per heavy atom. The summed E-state index contributed by atoms with van der Waals surface area (Å²) in [4.78, 5) is 27.1. The van der Waals surface area contributed by atoms with Crippen molar-refractivity contribution >= 4 is 22.7 Å². The van der Waals surface area contributed by atoms with Crippen molar-refractivity contribution < 1.29 is 9.59 Å². The molecule has 0 aliphatic rings. The first-order chi connectivity index (χ1) is 12.0. The largest absolute Gasteiger partial charge is 0.355 e. The summed E-state index contributed by atoms with van der Waals surface area (Å²) in [6, 6.07) is 13.2. The van der Waals surface area contributed by atoms with Crippen molar-refractivity contribution in [2.24, 2.45) is 0 Å². The lowest BCUT2D eigenvalue weighted by molar-refractivity contribution is 0.0942. The fourth-order valence-corrected chi connectivity index (χ4v) is 2.92. The summed E-state index contributed by atoms with van der Waals surface area (Å²) in [6.07, 6.45) is 0. The van der Waals surface area contributed by atoms with Crippen molar-refractivity contribution in [3.05, 3.63) is 70.4 Å². The van der Waals surface area contributed by atoms with Crippen LogP contribution in [0.5, 0.6) is 0 Å². The Morgan fingerprint density at radius 2 is 1.72 bits per heavy atom. The Hall–Kier alpha value is -3.08. The van der Waals surface area contributed by atoms with Crippen molar-refractivity contribution in [3.8, 4) is 0 Å². The summed E-state index contributed by atoms with van der Waals surface area (Å²) in [7, 11) is 1.60. The molecular weight excluding hydrogens is 314 g/mol. The lowest BCUT2D eigenvalue weighted by Gasteiger charge is -2.05. The number of carbonyl (C=O) groups is 2. The van der Waals surface area contributed by atoms with Crippen LogP contribution in [-0.4, -0.2) is 23.8 Å². The molecule has 0 atom stereocenters. The van der Waals surface area contributed by atoms with Gasteiger partial charge in [-0.15, -0.1) is 0 Å². The minimum absolute atomic E-state index is 0.126. The van der Waals surface area contributed by atoms with E-state index in [0.29, 0.717) is 17.8 Å². The minimum Gasteiger partial charge on any atom is -0.355 e. The van der Waals surface area contributed by atoms with E-state index in [9.17, 15) is 9.59 Å². The molecule has 0 aliphatic carbocycles. The molecule has 0 radical (unpaired) electrons. The third-order valence-corrected chi connectivity index (χ3v) is 4.23. The Kier molecular flexibility index (Phi) is 4.57. The average Bonchev–Trinajstić information content (AvgIpc) is 3.04. The van der Waals surface area contributed by atoms with Gasteiger partial charge in [0.05, 0.1) is 0 Å². The van der Waals surface area contributed by atoms with E-state index in [1.807, 2.05) is 38.1 Å². The Labute approximate surface area is 146 Å². The fraction of sp³-hybridized carbons (Fsp3) is 0.200. The van der Waals surface area contributed by atoms with Crippen LogP contribution in [0.2, 0.25) is 0 Å². The summed E-state index contributed by atoms with van der Waals surface area (Å²) >= 11 is 0. The van der Waals surface area contributed by atoms with E-state index in [4.69, 9.17) is 0 Å². The second kappa shape index (κ2) is 6.81. The highest BCUT2D eigenvalue weighted by molar-refractivity contribution is 5.99. The molecule has 2 aromatic carbocycles. The highest BCUT2D eigenvalue weighted by Gasteiger charge is 2.11. The van der Waals surface area contributed by atoms with Crippen molar-refractivity contribution in [1.29, 1.82) is 0 Å². The number of aromatic amines is 1. The zero-order chi connectivity index (χ0) is 18.0. The summed E-state index contributed by atoms with van der Waals surface area (Å²) < 4.78 is 0. The molecule has 5 nitrogen and oxygen atoms in total. The molecule has 128 valence electrons. The molecule has 0 saturated carbocycles. The van der Waals surface area contributed by atoms with Crippen LogP contribution < -0.4 is 10.6 Å². The number of aryl methyl sites for hydroxylation is 2. The quantitative estimate of drug-likeness (QED) is 0.685. The summed E-state index contributed by atoms with van der Waals surface area (Å²) in [6.45, 7) is 4.48.